The maximum absolute atomic E-state index is 12.3. The smallest absolute Gasteiger partial charge is 0.270 e. The summed E-state index contributed by atoms with van der Waals surface area (Å²) in [7, 11) is 0. The summed E-state index contributed by atoms with van der Waals surface area (Å²) in [5, 5.41) is 11.1. The molecule has 1 aromatic heterocycles. The maximum Gasteiger partial charge on any atom is 0.270 e. The molecule has 0 atom stereocenters. The monoisotopic (exact) mass is 278 g/mol. The van der Waals surface area contributed by atoms with Crippen molar-refractivity contribution in [1.82, 2.24) is 9.88 Å². The first-order valence-corrected chi connectivity index (χ1v) is 6.77. The van der Waals surface area contributed by atoms with Crippen molar-refractivity contribution in [1.29, 1.82) is 0 Å². The van der Waals surface area contributed by atoms with Gasteiger partial charge < -0.3 is 15.0 Å². The number of H-pyrrole nitrogens is 1. The van der Waals surface area contributed by atoms with Gasteiger partial charge in [-0.05, 0) is 31.0 Å². The van der Waals surface area contributed by atoms with Crippen LogP contribution in [0.25, 0.3) is 10.9 Å². The molecule has 1 fully saturated rings. The lowest BCUT2D eigenvalue weighted by molar-refractivity contribution is 0.0542. The molecule has 0 aliphatic carbocycles. The molecule has 3 rings (SSSR count). The van der Waals surface area contributed by atoms with Gasteiger partial charge in [-0.15, -0.1) is 0 Å². The molecule has 0 radical (unpaired) electrons. The zero-order valence-corrected chi connectivity index (χ0v) is 11.2. The van der Waals surface area contributed by atoms with E-state index in [2.05, 4.69) is 4.98 Å². The first-order chi connectivity index (χ1) is 9.13. The Morgan fingerprint density at radius 1 is 1.32 bits per heavy atom. The second kappa shape index (κ2) is 4.87. The molecule has 5 heteroatoms. The second-order valence-corrected chi connectivity index (χ2v) is 5.37. The van der Waals surface area contributed by atoms with E-state index in [1.807, 2.05) is 24.3 Å². The van der Waals surface area contributed by atoms with Crippen LogP contribution in [0.1, 0.15) is 23.3 Å². The number of aromatic amines is 1. The molecule has 1 aliphatic heterocycles. The molecule has 0 unspecified atom stereocenters. The zero-order valence-electron chi connectivity index (χ0n) is 10.4. The van der Waals surface area contributed by atoms with E-state index < -0.39 is 0 Å². The summed E-state index contributed by atoms with van der Waals surface area (Å²) in [6, 6.07) is 7.36. The highest BCUT2D eigenvalue weighted by Gasteiger charge is 2.23. The number of hydrogen-bond donors (Lipinski definition) is 2. The fourth-order valence-electron chi connectivity index (χ4n) is 2.45. The molecule has 1 aromatic carbocycles. The third-order valence-corrected chi connectivity index (χ3v) is 3.80. The van der Waals surface area contributed by atoms with Gasteiger partial charge in [-0.1, -0.05) is 17.7 Å². The van der Waals surface area contributed by atoms with Gasteiger partial charge in [0.1, 0.15) is 5.69 Å². The third-order valence-electron chi connectivity index (χ3n) is 3.57. The van der Waals surface area contributed by atoms with Gasteiger partial charge in [0.05, 0.1) is 6.10 Å². The molecule has 2 aromatic rings. The van der Waals surface area contributed by atoms with Crippen LogP contribution in [-0.4, -0.2) is 40.1 Å². The van der Waals surface area contributed by atoms with Crippen molar-refractivity contribution in [2.75, 3.05) is 13.1 Å². The second-order valence-electron chi connectivity index (χ2n) is 4.94. The quantitative estimate of drug-likeness (QED) is 0.842. The number of piperidine rings is 1. The number of hydrogen-bond acceptors (Lipinski definition) is 2. The normalized spacial score (nSPS) is 17.1. The average molecular weight is 279 g/mol. The Labute approximate surface area is 116 Å². The van der Waals surface area contributed by atoms with E-state index in [4.69, 9.17) is 11.6 Å². The number of aromatic nitrogens is 1. The van der Waals surface area contributed by atoms with Crippen molar-refractivity contribution in [2.45, 2.75) is 18.9 Å². The highest BCUT2D eigenvalue weighted by atomic mass is 35.5. The molecule has 1 amide bonds. The minimum absolute atomic E-state index is 0.0146. The molecule has 1 saturated heterocycles. The third kappa shape index (κ3) is 2.46. The number of carbonyl (C=O) groups is 1. The summed E-state index contributed by atoms with van der Waals surface area (Å²) in [5.74, 6) is -0.0146. The Bertz CT molecular complexity index is 615. The first-order valence-electron chi connectivity index (χ1n) is 6.39. The van der Waals surface area contributed by atoms with Gasteiger partial charge in [0.15, 0.2) is 0 Å². The maximum atomic E-state index is 12.3. The summed E-state index contributed by atoms with van der Waals surface area (Å²) in [5.41, 5.74) is 1.45. The fraction of sp³-hybridized carbons (Fsp3) is 0.357. The number of benzene rings is 1. The molecule has 0 saturated carbocycles. The Balaban J connectivity index is 1.85. The predicted molar refractivity (Wildman–Crippen MR) is 74.5 cm³/mol. The van der Waals surface area contributed by atoms with E-state index >= 15 is 0 Å². The average Bonchev–Trinajstić information content (AvgIpc) is 2.81. The topological polar surface area (TPSA) is 56.3 Å². The van der Waals surface area contributed by atoms with Crippen LogP contribution in [0.4, 0.5) is 0 Å². The van der Waals surface area contributed by atoms with Crippen molar-refractivity contribution in [3.05, 3.63) is 35.0 Å². The standard InChI is InChI=1S/C14H15ClN2O2/c15-10-2-1-9-7-13(16-12(9)8-10)14(19)17-5-3-11(18)4-6-17/h1-2,7-8,11,16,18H,3-6H2. The molecule has 1 aliphatic rings. The van der Waals surface area contributed by atoms with Crippen molar-refractivity contribution in [3.8, 4) is 0 Å². The molecular weight excluding hydrogens is 264 g/mol. The first kappa shape index (κ1) is 12.5. The van der Waals surface area contributed by atoms with Crippen molar-refractivity contribution in [3.63, 3.8) is 0 Å². The van der Waals surface area contributed by atoms with E-state index in [-0.39, 0.29) is 12.0 Å². The van der Waals surface area contributed by atoms with Crippen LogP contribution in [0, 0.1) is 0 Å². The van der Waals surface area contributed by atoms with Gasteiger partial charge in [0.2, 0.25) is 0 Å². The highest BCUT2D eigenvalue weighted by Crippen LogP contribution is 2.21. The summed E-state index contributed by atoms with van der Waals surface area (Å²) in [4.78, 5) is 17.2. The number of aliphatic hydroxyl groups is 1. The number of nitrogens with one attached hydrogen (secondary N) is 1. The summed E-state index contributed by atoms with van der Waals surface area (Å²) >= 11 is 5.93. The van der Waals surface area contributed by atoms with Gasteiger partial charge >= 0.3 is 0 Å². The van der Waals surface area contributed by atoms with Crippen LogP contribution in [0.15, 0.2) is 24.3 Å². The van der Waals surface area contributed by atoms with E-state index in [9.17, 15) is 9.90 Å². The summed E-state index contributed by atoms with van der Waals surface area (Å²) in [6.07, 6.45) is 1.03. The van der Waals surface area contributed by atoms with E-state index in [1.165, 1.54) is 0 Å². The Hall–Kier alpha value is -1.52. The van der Waals surface area contributed by atoms with Gasteiger partial charge in [-0.2, -0.15) is 0 Å². The Morgan fingerprint density at radius 2 is 2.05 bits per heavy atom. The SMILES string of the molecule is O=C(c1cc2ccc(Cl)cc2[nH]1)N1CCC(O)CC1. The van der Waals surface area contributed by atoms with E-state index in [0.717, 1.165) is 10.9 Å². The summed E-state index contributed by atoms with van der Waals surface area (Å²) < 4.78 is 0. The number of halogens is 1. The van der Waals surface area contributed by atoms with E-state index in [0.29, 0.717) is 36.6 Å². The van der Waals surface area contributed by atoms with Crippen LogP contribution in [0.3, 0.4) is 0 Å². The van der Waals surface area contributed by atoms with Crippen LogP contribution in [0.5, 0.6) is 0 Å². The lowest BCUT2D eigenvalue weighted by Crippen LogP contribution is -2.40. The number of carbonyl (C=O) groups excluding carboxylic acids is 1. The van der Waals surface area contributed by atoms with Crippen molar-refractivity contribution < 1.29 is 9.90 Å². The van der Waals surface area contributed by atoms with Gasteiger partial charge in [-0.25, -0.2) is 0 Å². The number of nitrogens with zero attached hydrogens (tertiary/aromatic N) is 1. The minimum Gasteiger partial charge on any atom is -0.393 e. The van der Waals surface area contributed by atoms with Crippen LogP contribution in [0.2, 0.25) is 5.02 Å². The number of aliphatic hydroxyl groups excluding tert-OH is 1. The number of likely N-dealkylation sites (tertiary alicyclic amines) is 1. The zero-order chi connectivity index (χ0) is 13.4. The predicted octanol–water partition coefficient (Wildman–Crippen LogP) is 2.42. The molecule has 2 N–H and O–H groups in total. The molecule has 100 valence electrons. The highest BCUT2D eigenvalue weighted by molar-refractivity contribution is 6.31. The largest absolute Gasteiger partial charge is 0.393 e. The van der Waals surface area contributed by atoms with Crippen molar-refractivity contribution >= 4 is 28.4 Å². The molecular formula is C14H15ClN2O2. The van der Waals surface area contributed by atoms with Gasteiger partial charge in [0, 0.05) is 29.0 Å². The summed E-state index contributed by atoms with van der Waals surface area (Å²) in [6.45, 7) is 1.21. The fourth-order valence-corrected chi connectivity index (χ4v) is 2.63. The van der Waals surface area contributed by atoms with Gasteiger partial charge in [-0.3, -0.25) is 4.79 Å². The van der Waals surface area contributed by atoms with Crippen LogP contribution >= 0.6 is 11.6 Å². The number of amides is 1. The number of fused-ring (bicyclic) bond motifs is 1. The number of rotatable bonds is 1. The molecule has 0 spiro atoms. The Kier molecular flexibility index (Phi) is 3.21. The minimum atomic E-state index is -0.273. The Morgan fingerprint density at radius 3 is 2.79 bits per heavy atom. The lowest BCUT2D eigenvalue weighted by atomic mass is 10.1. The molecule has 2 heterocycles. The van der Waals surface area contributed by atoms with Crippen LogP contribution in [-0.2, 0) is 0 Å². The van der Waals surface area contributed by atoms with E-state index in [1.54, 1.807) is 4.90 Å². The van der Waals surface area contributed by atoms with Gasteiger partial charge in [0.25, 0.3) is 5.91 Å². The molecule has 4 nitrogen and oxygen atoms in total. The van der Waals surface area contributed by atoms with Crippen molar-refractivity contribution in [2.24, 2.45) is 0 Å². The molecule has 19 heavy (non-hydrogen) atoms. The lowest BCUT2D eigenvalue weighted by Gasteiger charge is -2.29. The van der Waals surface area contributed by atoms with Crippen LogP contribution < -0.4 is 0 Å². The molecule has 0 bridgehead atoms.